The van der Waals surface area contributed by atoms with Gasteiger partial charge in [-0.05, 0) is 30.5 Å². The SMILES string of the molecule is CCCc1ccc(S(=O)(=O)N2CC[C@@H](O)[C@@H](C(=O)O)C2)cc1. The van der Waals surface area contributed by atoms with E-state index in [2.05, 4.69) is 6.92 Å². The predicted octanol–water partition coefficient (Wildman–Crippen LogP) is 1.10. The Kier molecular flexibility index (Phi) is 5.20. The molecule has 0 amide bonds. The molecule has 2 N–H and O–H groups in total. The minimum absolute atomic E-state index is 0.129. The van der Waals surface area contributed by atoms with Gasteiger partial charge in [0.15, 0.2) is 0 Å². The van der Waals surface area contributed by atoms with E-state index in [0.29, 0.717) is 0 Å². The summed E-state index contributed by atoms with van der Waals surface area (Å²) in [6, 6.07) is 6.68. The standard InChI is InChI=1S/C15H21NO5S/c1-2-3-11-4-6-12(7-5-11)22(20,21)16-9-8-14(17)13(10-16)15(18)19/h4-7,13-14,17H,2-3,8-10H2,1H3,(H,18,19)/t13-,14+/m0/s1. The number of carboxylic acids is 1. The van der Waals surface area contributed by atoms with E-state index in [4.69, 9.17) is 5.11 Å². The Hall–Kier alpha value is -1.44. The fourth-order valence-electron chi connectivity index (χ4n) is 2.64. The largest absolute Gasteiger partial charge is 0.481 e. The number of carboxylic acid groups (broad SMARTS) is 1. The third-order valence-electron chi connectivity index (χ3n) is 3.96. The molecule has 6 nitrogen and oxygen atoms in total. The molecule has 1 aromatic carbocycles. The van der Waals surface area contributed by atoms with Gasteiger partial charge in [0.1, 0.15) is 0 Å². The molecule has 2 rings (SSSR count). The first-order valence-electron chi connectivity index (χ1n) is 7.36. The van der Waals surface area contributed by atoms with Crippen molar-refractivity contribution in [2.75, 3.05) is 13.1 Å². The number of aliphatic hydroxyl groups excluding tert-OH is 1. The number of hydrogen-bond donors (Lipinski definition) is 2. The lowest BCUT2D eigenvalue weighted by Crippen LogP contribution is -2.48. The van der Waals surface area contributed by atoms with Crippen molar-refractivity contribution in [3.8, 4) is 0 Å². The van der Waals surface area contributed by atoms with Gasteiger partial charge < -0.3 is 10.2 Å². The van der Waals surface area contributed by atoms with Crippen LogP contribution >= 0.6 is 0 Å². The second-order valence-corrected chi connectivity index (χ2v) is 7.50. The number of aliphatic hydroxyl groups is 1. The smallest absolute Gasteiger partial charge is 0.310 e. The summed E-state index contributed by atoms with van der Waals surface area (Å²) >= 11 is 0. The van der Waals surface area contributed by atoms with Crippen LogP contribution in [0.3, 0.4) is 0 Å². The van der Waals surface area contributed by atoms with E-state index in [1.807, 2.05) is 0 Å². The fraction of sp³-hybridized carbons (Fsp3) is 0.533. The average molecular weight is 327 g/mol. The summed E-state index contributed by atoms with van der Waals surface area (Å²) in [5, 5.41) is 18.8. The van der Waals surface area contributed by atoms with Crippen molar-refractivity contribution in [3.63, 3.8) is 0 Å². The van der Waals surface area contributed by atoms with Gasteiger partial charge in [0, 0.05) is 13.1 Å². The molecule has 1 aliphatic rings. The molecule has 0 spiro atoms. The van der Waals surface area contributed by atoms with E-state index in [9.17, 15) is 18.3 Å². The highest BCUT2D eigenvalue weighted by molar-refractivity contribution is 7.89. The summed E-state index contributed by atoms with van der Waals surface area (Å²) in [4.78, 5) is 11.3. The van der Waals surface area contributed by atoms with Crippen LogP contribution in [0.2, 0.25) is 0 Å². The molecule has 1 saturated heterocycles. The Morgan fingerprint density at radius 3 is 2.50 bits per heavy atom. The van der Waals surface area contributed by atoms with E-state index < -0.39 is 28.0 Å². The molecule has 1 aliphatic heterocycles. The number of rotatable bonds is 5. The van der Waals surface area contributed by atoms with Crippen LogP contribution in [0.25, 0.3) is 0 Å². The molecule has 1 aromatic rings. The zero-order valence-electron chi connectivity index (χ0n) is 12.5. The van der Waals surface area contributed by atoms with E-state index in [1.165, 1.54) is 0 Å². The summed E-state index contributed by atoms with van der Waals surface area (Å²) in [5.41, 5.74) is 1.07. The minimum atomic E-state index is -3.72. The van der Waals surface area contributed by atoms with Crippen LogP contribution < -0.4 is 0 Å². The predicted molar refractivity (Wildman–Crippen MR) is 80.9 cm³/mol. The highest BCUT2D eigenvalue weighted by atomic mass is 32.2. The van der Waals surface area contributed by atoms with E-state index >= 15 is 0 Å². The van der Waals surface area contributed by atoms with Gasteiger partial charge in [0.05, 0.1) is 16.9 Å². The Morgan fingerprint density at radius 2 is 1.95 bits per heavy atom. The molecule has 122 valence electrons. The summed E-state index contributed by atoms with van der Waals surface area (Å²) < 4.78 is 26.3. The first kappa shape index (κ1) is 16.9. The van der Waals surface area contributed by atoms with Crippen molar-refractivity contribution in [2.45, 2.75) is 37.2 Å². The molecule has 1 fully saturated rings. The van der Waals surface area contributed by atoms with Crippen molar-refractivity contribution in [3.05, 3.63) is 29.8 Å². The maximum atomic E-state index is 12.6. The molecule has 0 aliphatic carbocycles. The summed E-state index contributed by atoms with van der Waals surface area (Å²) in [7, 11) is -3.72. The molecule has 2 atom stereocenters. The van der Waals surface area contributed by atoms with Crippen LogP contribution in [0, 0.1) is 5.92 Å². The molecule has 0 unspecified atom stereocenters. The first-order valence-corrected chi connectivity index (χ1v) is 8.80. The van der Waals surface area contributed by atoms with Gasteiger partial charge in [-0.15, -0.1) is 0 Å². The number of aliphatic carboxylic acids is 1. The van der Waals surface area contributed by atoms with Gasteiger partial charge in [-0.3, -0.25) is 4.79 Å². The Morgan fingerprint density at radius 1 is 1.32 bits per heavy atom. The lowest BCUT2D eigenvalue weighted by molar-refractivity contribution is -0.147. The monoisotopic (exact) mass is 327 g/mol. The van der Waals surface area contributed by atoms with Gasteiger partial charge in [0.25, 0.3) is 0 Å². The Labute approximate surface area is 130 Å². The molecule has 1 heterocycles. The van der Waals surface area contributed by atoms with Crippen molar-refractivity contribution >= 4 is 16.0 Å². The number of sulfonamides is 1. The van der Waals surface area contributed by atoms with Crippen LogP contribution in [0.15, 0.2) is 29.2 Å². The highest BCUT2D eigenvalue weighted by Gasteiger charge is 2.38. The molecule has 22 heavy (non-hydrogen) atoms. The molecular weight excluding hydrogens is 306 g/mol. The van der Waals surface area contributed by atoms with Crippen molar-refractivity contribution in [2.24, 2.45) is 5.92 Å². The Bertz CT molecular complexity index is 626. The van der Waals surface area contributed by atoms with Crippen LogP contribution in [-0.2, 0) is 21.2 Å². The number of carbonyl (C=O) groups is 1. The maximum absolute atomic E-state index is 12.6. The van der Waals surface area contributed by atoms with Gasteiger partial charge in [-0.1, -0.05) is 25.5 Å². The van der Waals surface area contributed by atoms with Crippen LogP contribution in [-0.4, -0.2) is 48.1 Å². The highest BCUT2D eigenvalue weighted by Crippen LogP contribution is 2.24. The average Bonchev–Trinajstić information content (AvgIpc) is 2.48. The fourth-order valence-corrected chi connectivity index (χ4v) is 4.12. The molecule has 0 saturated carbocycles. The van der Waals surface area contributed by atoms with Gasteiger partial charge in [-0.25, -0.2) is 8.42 Å². The second-order valence-electron chi connectivity index (χ2n) is 5.56. The molecule has 0 aromatic heterocycles. The maximum Gasteiger partial charge on any atom is 0.310 e. The molecule has 7 heteroatoms. The topological polar surface area (TPSA) is 94.9 Å². The Balaban J connectivity index is 2.20. The zero-order chi connectivity index (χ0) is 16.3. The van der Waals surface area contributed by atoms with E-state index in [-0.39, 0.29) is 24.4 Å². The van der Waals surface area contributed by atoms with Crippen LogP contribution in [0.4, 0.5) is 0 Å². The number of aryl methyl sites for hydroxylation is 1. The van der Waals surface area contributed by atoms with E-state index in [0.717, 1.165) is 22.7 Å². The van der Waals surface area contributed by atoms with Crippen LogP contribution in [0.1, 0.15) is 25.3 Å². The number of benzene rings is 1. The number of hydrogen-bond acceptors (Lipinski definition) is 4. The van der Waals surface area contributed by atoms with Gasteiger partial charge in [-0.2, -0.15) is 4.31 Å². The van der Waals surface area contributed by atoms with Gasteiger partial charge >= 0.3 is 5.97 Å². The molecule has 0 radical (unpaired) electrons. The van der Waals surface area contributed by atoms with Crippen molar-refractivity contribution in [1.29, 1.82) is 0 Å². The zero-order valence-corrected chi connectivity index (χ0v) is 13.3. The normalized spacial score (nSPS) is 23.4. The van der Waals surface area contributed by atoms with Crippen LogP contribution in [0.5, 0.6) is 0 Å². The second kappa shape index (κ2) is 6.76. The summed E-state index contributed by atoms with van der Waals surface area (Å²) in [5.74, 6) is -2.26. The summed E-state index contributed by atoms with van der Waals surface area (Å²) in [6.45, 7) is 1.98. The van der Waals surface area contributed by atoms with Crippen molar-refractivity contribution < 1.29 is 23.4 Å². The number of piperidine rings is 1. The molecular formula is C15H21NO5S. The van der Waals surface area contributed by atoms with E-state index in [1.54, 1.807) is 24.3 Å². The van der Waals surface area contributed by atoms with Gasteiger partial charge in [0.2, 0.25) is 10.0 Å². The third-order valence-corrected chi connectivity index (χ3v) is 5.84. The summed E-state index contributed by atoms with van der Waals surface area (Å²) in [6.07, 6.45) is 0.994. The third kappa shape index (κ3) is 3.48. The lowest BCUT2D eigenvalue weighted by atomic mass is 9.96. The van der Waals surface area contributed by atoms with Crippen molar-refractivity contribution in [1.82, 2.24) is 4.31 Å². The quantitative estimate of drug-likeness (QED) is 0.844. The molecule has 0 bridgehead atoms. The lowest BCUT2D eigenvalue weighted by Gasteiger charge is -2.33. The minimum Gasteiger partial charge on any atom is -0.481 e. The number of nitrogens with zero attached hydrogens (tertiary/aromatic N) is 1. The first-order chi connectivity index (χ1) is 10.4.